The summed E-state index contributed by atoms with van der Waals surface area (Å²) in [5.41, 5.74) is 6.24. The number of nitrogens with two attached hydrogens (primary N) is 1. The summed E-state index contributed by atoms with van der Waals surface area (Å²) in [6.45, 7) is 3.79. The number of aromatic amines is 1. The molecule has 0 fully saturated rings. The van der Waals surface area contributed by atoms with Gasteiger partial charge in [0.1, 0.15) is 5.69 Å². The normalized spacial score (nSPS) is 11.0. The van der Waals surface area contributed by atoms with Gasteiger partial charge in [0.05, 0.1) is 4.92 Å². The highest BCUT2D eigenvalue weighted by Crippen LogP contribution is 2.26. The van der Waals surface area contributed by atoms with Crippen LogP contribution in [0.2, 0.25) is 0 Å². The molecule has 9 heteroatoms. The highest BCUT2D eigenvalue weighted by molar-refractivity contribution is 7.98. The molecule has 21 heavy (non-hydrogen) atoms. The largest absolute Gasteiger partial charge is 0.393 e. The number of H-pyrrole nitrogens is 1. The maximum absolute atomic E-state index is 11.6. The van der Waals surface area contributed by atoms with E-state index in [4.69, 9.17) is 5.73 Å². The molecule has 0 bridgehead atoms. The van der Waals surface area contributed by atoms with Crippen LogP contribution < -0.4 is 11.4 Å². The number of hydrogen-bond donors (Lipinski definition) is 2. The zero-order valence-corrected chi connectivity index (χ0v) is 12.4. The molecular weight excluding hydrogens is 294 g/mol. The second-order valence-electron chi connectivity index (χ2n) is 4.71. The van der Waals surface area contributed by atoms with Crippen molar-refractivity contribution >= 4 is 23.1 Å². The van der Waals surface area contributed by atoms with Gasteiger partial charge in [0.25, 0.3) is 5.69 Å². The summed E-state index contributed by atoms with van der Waals surface area (Å²) in [5, 5.41) is 17.7. The molecule has 1 heterocycles. The second-order valence-corrected chi connectivity index (χ2v) is 5.66. The van der Waals surface area contributed by atoms with Gasteiger partial charge < -0.3 is 5.73 Å². The zero-order chi connectivity index (χ0) is 15.6. The average Bonchev–Trinajstić information content (AvgIpc) is 2.77. The first-order valence-electron chi connectivity index (χ1n) is 6.22. The minimum absolute atomic E-state index is 0.000630. The predicted octanol–water partition coefficient (Wildman–Crippen LogP) is 1.93. The molecule has 0 aliphatic carbocycles. The monoisotopic (exact) mass is 309 g/mol. The van der Waals surface area contributed by atoms with Gasteiger partial charge in [-0.2, -0.15) is 0 Å². The van der Waals surface area contributed by atoms with Crippen molar-refractivity contribution in [1.29, 1.82) is 0 Å². The predicted molar refractivity (Wildman–Crippen MR) is 80.3 cm³/mol. The standard InChI is InChI=1S/C12H15N5O3S/c1-7(2)16-11(18)14-15-12(16)21-6-8-3-4-10(17(19)20)9(13)5-8/h3-5,7H,6,13H2,1-2H3,(H,14,18). The van der Waals surface area contributed by atoms with Gasteiger partial charge in [-0.25, -0.2) is 9.89 Å². The Bertz CT molecular complexity index is 722. The molecule has 0 amide bonds. The number of nitrogens with zero attached hydrogens (tertiary/aromatic N) is 3. The number of nitro benzene ring substituents is 1. The number of hydrogen-bond acceptors (Lipinski definition) is 6. The Morgan fingerprint density at radius 3 is 2.81 bits per heavy atom. The third kappa shape index (κ3) is 3.24. The van der Waals surface area contributed by atoms with E-state index >= 15 is 0 Å². The molecule has 0 radical (unpaired) electrons. The van der Waals surface area contributed by atoms with E-state index in [0.717, 1.165) is 5.56 Å². The molecule has 0 saturated heterocycles. The summed E-state index contributed by atoms with van der Waals surface area (Å²) in [4.78, 5) is 21.8. The van der Waals surface area contributed by atoms with Gasteiger partial charge in [-0.05, 0) is 25.5 Å². The molecule has 8 nitrogen and oxygen atoms in total. The lowest BCUT2D eigenvalue weighted by molar-refractivity contribution is -0.383. The first-order chi connectivity index (χ1) is 9.90. The molecule has 0 unspecified atom stereocenters. The van der Waals surface area contributed by atoms with E-state index in [0.29, 0.717) is 10.9 Å². The van der Waals surface area contributed by atoms with E-state index in [-0.39, 0.29) is 23.1 Å². The van der Waals surface area contributed by atoms with E-state index in [1.807, 2.05) is 13.8 Å². The Kier molecular flexibility index (Phi) is 4.32. The van der Waals surface area contributed by atoms with Crippen LogP contribution in [0.25, 0.3) is 0 Å². The molecule has 112 valence electrons. The van der Waals surface area contributed by atoms with E-state index < -0.39 is 4.92 Å². The van der Waals surface area contributed by atoms with Crippen LogP contribution in [-0.2, 0) is 5.75 Å². The Hall–Kier alpha value is -2.29. The Labute approximate surface area is 124 Å². The summed E-state index contributed by atoms with van der Waals surface area (Å²) in [6.07, 6.45) is 0. The fraction of sp³-hybridized carbons (Fsp3) is 0.333. The molecule has 0 atom stereocenters. The summed E-state index contributed by atoms with van der Waals surface area (Å²) >= 11 is 1.37. The molecule has 0 spiro atoms. The number of aromatic nitrogens is 3. The van der Waals surface area contributed by atoms with Crippen LogP contribution in [0.15, 0.2) is 28.2 Å². The van der Waals surface area contributed by atoms with Crippen LogP contribution in [-0.4, -0.2) is 19.7 Å². The maximum Gasteiger partial charge on any atom is 0.344 e. The summed E-state index contributed by atoms with van der Waals surface area (Å²) in [5.74, 6) is 0.513. The first-order valence-corrected chi connectivity index (χ1v) is 7.21. The van der Waals surface area contributed by atoms with Gasteiger partial charge in [0.2, 0.25) is 0 Å². The van der Waals surface area contributed by atoms with E-state index in [1.165, 1.54) is 17.8 Å². The zero-order valence-electron chi connectivity index (χ0n) is 11.6. The molecule has 2 rings (SSSR count). The van der Waals surface area contributed by atoms with E-state index in [9.17, 15) is 14.9 Å². The van der Waals surface area contributed by atoms with Crippen molar-refractivity contribution < 1.29 is 4.92 Å². The Morgan fingerprint density at radius 2 is 2.24 bits per heavy atom. The van der Waals surface area contributed by atoms with Crippen molar-refractivity contribution in [1.82, 2.24) is 14.8 Å². The summed E-state index contributed by atoms with van der Waals surface area (Å²) < 4.78 is 1.55. The number of nitrogens with one attached hydrogen (secondary N) is 1. The van der Waals surface area contributed by atoms with Gasteiger partial charge in [-0.15, -0.1) is 5.10 Å². The molecule has 0 aliphatic heterocycles. The molecule has 0 saturated carbocycles. The van der Waals surface area contributed by atoms with Gasteiger partial charge in [-0.3, -0.25) is 14.7 Å². The van der Waals surface area contributed by atoms with Crippen LogP contribution >= 0.6 is 11.8 Å². The van der Waals surface area contributed by atoms with Crippen molar-refractivity contribution in [3.8, 4) is 0 Å². The van der Waals surface area contributed by atoms with E-state index in [1.54, 1.807) is 16.7 Å². The van der Waals surface area contributed by atoms with Crippen LogP contribution in [0.1, 0.15) is 25.5 Å². The number of benzene rings is 1. The summed E-state index contributed by atoms with van der Waals surface area (Å²) in [7, 11) is 0. The number of rotatable bonds is 5. The van der Waals surface area contributed by atoms with Crippen LogP contribution in [0.5, 0.6) is 0 Å². The van der Waals surface area contributed by atoms with Crippen LogP contribution in [0, 0.1) is 10.1 Å². The first kappa shape index (κ1) is 15.1. The van der Waals surface area contributed by atoms with Crippen molar-refractivity contribution in [2.24, 2.45) is 0 Å². The minimum atomic E-state index is -0.517. The Morgan fingerprint density at radius 1 is 1.52 bits per heavy atom. The second kappa shape index (κ2) is 6.00. The van der Waals surface area contributed by atoms with Crippen molar-refractivity contribution in [3.05, 3.63) is 44.4 Å². The third-order valence-electron chi connectivity index (χ3n) is 2.85. The number of nitrogen functional groups attached to an aromatic ring is 1. The number of nitro groups is 1. The average molecular weight is 309 g/mol. The highest BCUT2D eigenvalue weighted by atomic mass is 32.2. The Balaban J connectivity index is 2.16. The fourth-order valence-corrected chi connectivity index (χ4v) is 2.87. The lowest BCUT2D eigenvalue weighted by Gasteiger charge is -2.08. The van der Waals surface area contributed by atoms with Crippen molar-refractivity contribution in [2.75, 3.05) is 5.73 Å². The van der Waals surface area contributed by atoms with Crippen LogP contribution in [0.4, 0.5) is 11.4 Å². The highest BCUT2D eigenvalue weighted by Gasteiger charge is 2.14. The van der Waals surface area contributed by atoms with E-state index in [2.05, 4.69) is 10.2 Å². The topological polar surface area (TPSA) is 120 Å². The lowest BCUT2D eigenvalue weighted by atomic mass is 10.2. The smallest absolute Gasteiger partial charge is 0.344 e. The third-order valence-corrected chi connectivity index (χ3v) is 3.87. The van der Waals surface area contributed by atoms with Crippen LogP contribution in [0.3, 0.4) is 0 Å². The quantitative estimate of drug-likeness (QED) is 0.377. The van der Waals surface area contributed by atoms with Crippen molar-refractivity contribution in [2.45, 2.75) is 30.8 Å². The molecule has 2 aromatic rings. The van der Waals surface area contributed by atoms with Gasteiger partial charge in [0, 0.05) is 17.9 Å². The molecule has 1 aromatic heterocycles. The molecular formula is C12H15N5O3S. The van der Waals surface area contributed by atoms with Crippen molar-refractivity contribution in [3.63, 3.8) is 0 Å². The minimum Gasteiger partial charge on any atom is -0.393 e. The van der Waals surface area contributed by atoms with Gasteiger partial charge in [-0.1, -0.05) is 17.8 Å². The number of thioether (sulfide) groups is 1. The molecule has 1 aromatic carbocycles. The number of anilines is 1. The van der Waals surface area contributed by atoms with Gasteiger partial charge >= 0.3 is 5.69 Å². The molecule has 0 aliphatic rings. The summed E-state index contributed by atoms with van der Waals surface area (Å²) in [6, 6.07) is 4.59. The van der Waals surface area contributed by atoms with Gasteiger partial charge in [0.15, 0.2) is 5.16 Å². The fourth-order valence-electron chi connectivity index (χ4n) is 1.86. The maximum atomic E-state index is 11.6. The SMILES string of the molecule is CC(C)n1c(SCc2ccc([N+](=O)[O-])c(N)c2)n[nH]c1=O. The molecule has 3 N–H and O–H groups in total. The lowest BCUT2D eigenvalue weighted by Crippen LogP contribution is -2.19.